The van der Waals surface area contributed by atoms with Crippen molar-refractivity contribution in [3.63, 3.8) is 0 Å². The van der Waals surface area contributed by atoms with Gasteiger partial charge in [-0.1, -0.05) is 24.1 Å². The van der Waals surface area contributed by atoms with Crippen LogP contribution in [0.4, 0.5) is 8.78 Å². The molecule has 0 unspecified atom stereocenters. The number of aliphatic imine (C=N–C) groups is 1. The van der Waals surface area contributed by atoms with Crippen molar-refractivity contribution >= 4 is 29.9 Å². The molecule has 0 aromatic heterocycles. The summed E-state index contributed by atoms with van der Waals surface area (Å²) in [5, 5.41) is 3.07. The lowest BCUT2D eigenvalue weighted by Crippen LogP contribution is -2.37. The van der Waals surface area contributed by atoms with Crippen molar-refractivity contribution in [3.8, 4) is 5.75 Å². The van der Waals surface area contributed by atoms with Gasteiger partial charge in [-0.3, -0.25) is 0 Å². The predicted octanol–water partition coefficient (Wildman–Crippen LogP) is 3.42. The number of nitrogens with one attached hydrogen (secondary N) is 1. The van der Waals surface area contributed by atoms with Gasteiger partial charge in [0.1, 0.15) is 5.75 Å². The topological polar surface area (TPSA) is 59.6 Å². The van der Waals surface area contributed by atoms with Crippen LogP contribution in [0, 0.1) is 12.8 Å². The molecule has 1 fully saturated rings. The van der Waals surface area contributed by atoms with Crippen LogP contribution in [0.2, 0.25) is 0 Å². The third-order valence-corrected chi connectivity index (χ3v) is 3.65. The zero-order valence-electron chi connectivity index (χ0n) is 12.5. The highest BCUT2D eigenvalue weighted by Gasteiger charge is 2.16. The van der Waals surface area contributed by atoms with Crippen LogP contribution in [-0.4, -0.2) is 19.1 Å². The molecule has 0 heterocycles. The van der Waals surface area contributed by atoms with Crippen LogP contribution in [0.1, 0.15) is 30.4 Å². The largest absolute Gasteiger partial charge is 0.434 e. The summed E-state index contributed by atoms with van der Waals surface area (Å²) in [5.74, 6) is 1.16. The van der Waals surface area contributed by atoms with Gasteiger partial charge >= 0.3 is 6.61 Å². The Bertz CT molecular complexity index is 508. The van der Waals surface area contributed by atoms with E-state index < -0.39 is 6.61 Å². The molecule has 22 heavy (non-hydrogen) atoms. The lowest BCUT2D eigenvalue weighted by atomic mass is 9.85. The van der Waals surface area contributed by atoms with E-state index in [9.17, 15) is 8.78 Å². The summed E-state index contributed by atoms with van der Waals surface area (Å²) >= 11 is 0. The molecule has 1 aliphatic rings. The maximum Gasteiger partial charge on any atom is 0.387 e. The van der Waals surface area contributed by atoms with Crippen molar-refractivity contribution in [2.45, 2.75) is 39.3 Å². The third-order valence-electron chi connectivity index (χ3n) is 3.65. The van der Waals surface area contributed by atoms with Crippen molar-refractivity contribution in [2.75, 3.05) is 6.54 Å². The van der Waals surface area contributed by atoms with E-state index in [1.54, 1.807) is 12.1 Å². The van der Waals surface area contributed by atoms with E-state index in [1.807, 2.05) is 6.92 Å². The molecule has 1 saturated carbocycles. The normalized spacial score (nSPS) is 15.2. The number of rotatable bonds is 6. The van der Waals surface area contributed by atoms with Gasteiger partial charge in [0, 0.05) is 12.1 Å². The number of aryl methyl sites for hydroxylation is 1. The molecule has 2 rings (SSSR count). The Balaban J connectivity index is 0.00000242. The third kappa shape index (κ3) is 5.94. The first-order valence-electron chi connectivity index (χ1n) is 7.12. The smallest absolute Gasteiger partial charge is 0.387 e. The van der Waals surface area contributed by atoms with E-state index >= 15 is 0 Å². The van der Waals surface area contributed by atoms with Crippen molar-refractivity contribution < 1.29 is 13.5 Å². The van der Waals surface area contributed by atoms with Crippen LogP contribution in [0.3, 0.4) is 0 Å². The second-order valence-corrected chi connectivity index (χ2v) is 5.37. The molecule has 0 bridgehead atoms. The minimum absolute atomic E-state index is 0. The first-order chi connectivity index (χ1) is 10.0. The Hall–Kier alpha value is -1.12. The fourth-order valence-corrected chi connectivity index (χ4v) is 2.21. The number of nitrogens with two attached hydrogens (primary N) is 1. The molecule has 0 atom stereocenters. The summed E-state index contributed by atoms with van der Waals surface area (Å²) in [5.41, 5.74) is 7.35. The van der Waals surface area contributed by atoms with Crippen LogP contribution in [-0.2, 0) is 6.54 Å². The Morgan fingerprint density at radius 3 is 2.77 bits per heavy atom. The van der Waals surface area contributed by atoms with Gasteiger partial charge < -0.3 is 15.8 Å². The van der Waals surface area contributed by atoms with Crippen LogP contribution < -0.4 is 15.8 Å². The number of hydrogen-bond acceptors (Lipinski definition) is 2. The molecule has 0 amide bonds. The maximum absolute atomic E-state index is 12.4. The monoisotopic (exact) mass is 425 g/mol. The SMILES string of the molecule is Cc1ccc(OC(F)F)c(CN=C(N)NCC2CCC2)c1.I. The number of halogens is 3. The highest BCUT2D eigenvalue weighted by atomic mass is 127. The van der Waals surface area contributed by atoms with Crippen molar-refractivity contribution in [2.24, 2.45) is 16.6 Å². The number of guanidine groups is 1. The molecule has 7 heteroatoms. The first-order valence-corrected chi connectivity index (χ1v) is 7.12. The van der Waals surface area contributed by atoms with Crippen molar-refractivity contribution in [1.82, 2.24) is 5.32 Å². The van der Waals surface area contributed by atoms with E-state index in [2.05, 4.69) is 15.0 Å². The number of ether oxygens (including phenoxy) is 1. The molecule has 0 saturated heterocycles. The zero-order valence-corrected chi connectivity index (χ0v) is 14.8. The average Bonchev–Trinajstić information content (AvgIpc) is 2.36. The first kappa shape index (κ1) is 18.9. The molecule has 0 spiro atoms. The maximum atomic E-state index is 12.4. The van der Waals surface area contributed by atoms with Gasteiger partial charge in [-0.2, -0.15) is 8.78 Å². The standard InChI is InChI=1S/C15H21F2N3O.HI/c1-10-5-6-13(21-14(16)17)12(7-10)9-20-15(18)19-8-11-3-2-4-11;/h5-7,11,14H,2-4,8-9H2,1H3,(H3,18,19,20);1H. The van der Waals surface area contributed by atoms with E-state index in [-0.39, 0.29) is 36.3 Å². The summed E-state index contributed by atoms with van der Waals surface area (Å²) in [7, 11) is 0. The van der Waals surface area contributed by atoms with Gasteiger partial charge in [0.25, 0.3) is 0 Å². The fourth-order valence-electron chi connectivity index (χ4n) is 2.21. The summed E-state index contributed by atoms with van der Waals surface area (Å²) in [6.07, 6.45) is 3.73. The number of hydrogen-bond donors (Lipinski definition) is 2. The minimum atomic E-state index is -2.84. The number of alkyl halides is 2. The van der Waals surface area contributed by atoms with Crippen LogP contribution >= 0.6 is 24.0 Å². The Labute approximate surface area is 146 Å². The lowest BCUT2D eigenvalue weighted by molar-refractivity contribution is -0.0504. The number of benzene rings is 1. The highest BCUT2D eigenvalue weighted by molar-refractivity contribution is 14.0. The molecule has 0 radical (unpaired) electrons. The molecule has 124 valence electrons. The predicted molar refractivity (Wildman–Crippen MR) is 93.9 cm³/mol. The van der Waals surface area contributed by atoms with Crippen LogP contribution in [0.25, 0.3) is 0 Å². The molecule has 1 aromatic carbocycles. The summed E-state index contributed by atoms with van der Waals surface area (Å²) in [6.45, 7) is 0.0819. The summed E-state index contributed by atoms with van der Waals surface area (Å²) in [4.78, 5) is 4.19. The highest BCUT2D eigenvalue weighted by Crippen LogP contribution is 2.25. The van der Waals surface area contributed by atoms with Crippen molar-refractivity contribution in [1.29, 1.82) is 0 Å². The Kier molecular flexibility index (Phi) is 7.84. The van der Waals surface area contributed by atoms with E-state index in [0.717, 1.165) is 12.1 Å². The zero-order chi connectivity index (χ0) is 15.2. The van der Waals surface area contributed by atoms with Gasteiger partial charge in [0.05, 0.1) is 6.54 Å². The second-order valence-electron chi connectivity index (χ2n) is 5.37. The summed E-state index contributed by atoms with van der Waals surface area (Å²) < 4.78 is 29.2. The lowest BCUT2D eigenvalue weighted by Gasteiger charge is -2.25. The number of nitrogens with zero attached hydrogens (tertiary/aromatic N) is 1. The van der Waals surface area contributed by atoms with Crippen molar-refractivity contribution in [3.05, 3.63) is 29.3 Å². The fraction of sp³-hybridized carbons (Fsp3) is 0.533. The molecule has 3 N–H and O–H groups in total. The second kappa shape index (κ2) is 9.12. The summed E-state index contributed by atoms with van der Waals surface area (Å²) in [6, 6.07) is 5.04. The molecular formula is C15H22F2IN3O. The molecule has 4 nitrogen and oxygen atoms in total. The Morgan fingerprint density at radius 1 is 1.45 bits per heavy atom. The molecule has 1 aliphatic carbocycles. The van der Waals surface area contributed by atoms with E-state index in [1.165, 1.54) is 25.3 Å². The van der Waals surface area contributed by atoms with E-state index in [4.69, 9.17) is 5.73 Å². The van der Waals surface area contributed by atoms with Crippen LogP contribution in [0.15, 0.2) is 23.2 Å². The van der Waals surface area contributed by atoms with E-state index in [0.29, 0.717) is 17.4 Å². The van der Waals surface area contributed by atoms with Gasteiger partial charge in [-0.25, -0.2) is 4.99 Å². The Morgan fingerprint density at radius 2 is 2.18 bits per heavy atom. The quantitative estimate of drug-likeness (QED) is 0.417. The van der Waals surface area contributed by atoms with Gasteiger partial charge in [0.2, 0.25) is 0 Å². The van der Waals surface area contributed by atoms with Crippen LogP contribution in [0.5, 0.6) is 5.75 Å². The van der Waals surface area contributed by atoms with Gasteiger partial charge in [0.15, 0.2) is 5.96 Å². The molecular weight excluding hydrogens is 403 g/mol. The molecule has 0 aliphatic heterocycles. The molecule has 1 aromatic rings. The minimum Gasteiger partial charge on any atom is -0.434 e. The van der Waals surface area contributed by atoms with Gasteiger partial charge in [-0.05, 0) is 31.7 Å². The average molecular weight is 425 g/mol. The van der Waals surface area contributed by atoms with Gasteiger partial charge in [-0.15, -0.1) is 24.0 Å².